The van der Waals surface area contributed by atoms with E-state index in [0.29, 0.717) is 0 Å². The molecule has 0 spiro atoms. The van der Waals surface area contributed by atoms with E-state index in [4.69, 9.17) is 0 Å². The summed E-state index contributed by atoms with van der Waals surface area (Å²) >= 11 is 0. The van der Waals surface area contributed by atoms with Crippen LogP contribution in [0.15, 0.2) is 0 Å². The van der Waals surface area contributed by atoms with Gasteiger partial charge in [0.25, 0.3) is 0 Å². The minimum atomic E-state index is 0. The quantitative estimate of drug-likeness (QED) is 0.835. The van der Waals surface area contributed by atoms with Crippen LogP contribution in [-0.2, 0) is 0 Å². The smallest absolute Gasteiger partial charge is 0.00922 e. The highest BCUT2D eigenvalue weighted by Crippen LogP contribution is 2.22. The maximum Gasteiger partial charge on any atom is 0.00922 e. The fraction of sp³-hybridized carbons (Fsp3) is 1.00. The lowest BCUT2D eigenvalue weighted by Crippen LogP contribution is -2.40. The Bertz CT molecular complexity index is 187. The van der Waals surface area contributed by atoms with Crippen LogP contribution in [0.25, 0.3) is 0 Å². The fourth-order valence-electron chi connectivity index (χ4n) is 3.23. The molecule has 1 aliphatic carbocycles. The van der Waals surface area contributed by atoms with Gasteiger partial charge in [-0.3, -0.25) is 0 Å². The number of nitrogens with one attached hydrogen (secondary N) is 1. The Morgan fingerprint density at radius 2 is 1.71 bits per heavy atom. The summed E-state index contributed by atoms with van der Waals surface area (Å²) in [5, 5.41) is 3.65. The van der Waals surface area contributed by atoms with Gasteiger partial charge < -0.3 is 10.2 Å². The number of hydrogen-bond donors (Lipinski definition) is 1. The van der Waals surface area contributed by atoms with E-state index in [1.54, 1.807) is 0 Å². The van der Waals surface area contributed by atoms with Crippen LogP contribution in [0.5, 0.6) is 0 Å². The van der Waals surface area contributed by atoms with Crippen molar-refractivity contribution in [2.24, 2.45) is 0 Å². The van der Waals surface area contributed by atoms with Gasteiger partial charge in [-0.25, -0.2) is 0 Å². The number of hydrogen-bond acceptors (Lipinski definition) is 2. The van der Waals surface area contributed by atoms with Crippen LogP contribution in [0.2, 0.25) is 0 Å². The predicted octanol–water partition coefficient (Wildman–Crippen LogP) is 3.20. The maximum absolute atomic E-state index is 3.65. The summed E-state index contributed by atoms with van der Waals surface area (Å²) in [4.78, 5) is 2.62. The molecule has 0 radical (unpaired) electrons. The number of piperidine rings is 1. The summed E-state index contributed by atoms with van der Waals surface area (Å²) in [5.41, 5.74) is 0. The van der Waals surface area contributed by atoms with E-state index in [1.807, 2.05) is 0 Å². The molecular formula is C14H29ClN2. The molecule has 17 heavy (non-hydrogen) atoms. The lowest BCUT2D eigenvalue weighted by Gasteiger charge is -2.33. The highest BCUT2D eigenvalue weighted by atomic mass is 35.5. The first-order valence-corrected chi connectivity index (χ1v) is 7.30. The minimum absolute atomic E-state index is 0. The van der Waals surface area contributed by atoms with Crippen LogP contribution in [0.1, 0.15) is 57.8 Å². The topological polar surface area (TPSA) is 15.3 Å². The molecule has 1 unspecified atom stereocenters. The lowest BCUT2D eigenvalue weighted by atomic mass is 9.94. The molecule has 2 nitrogen and oxygen atoms in total. The molecule has 2 rings (SSSR count). The van der Waals surface area contributed by atoms with Crippen LogP contribution in [0.3, 0.4) is 0 Å². The van der Waals surface area contributed by atoms with Gasteiger partial charge >= 0.3 is 0 Å². The molecule has 0 aromatic heterocycles. The van der Waals surface area contributed by atoms with Crippen LogP contribution < -0.4 is 5.32 Å². The summed E-state index contributed by atoms with van der Waals surface area (Å²) < 4.78 is 0. The van der Waals surface area contributed by atoms with Crippen molar-refractivity contribution in [3.63, 3.8) is 0 Å². The highest BCUT2D eigenvalue weighted by Gasteiger charge is 2.19. The Morgan fingerprint density at radius 1 is 1.00 bits per heavy atom. The maximum atomic E-state index is 3.65. The lowest BCUT2D eigenvalue weighted by molar-refractivity contribution is 0.180. The monoisotopic (exact) mass is 260 g/mol. The molecule has 0 aromatic rings. The van der Waals surface area contributed by atoms with Crippen LogP contribution in [0.4, 0.5) is 0 Å². The van der Waals surface area contributed by atoms with E-state index in [-0.39, 0.29) is 12.4 Å². The summed E-state index contributed by atoms with van der Waals surface area (Å²) in [5.74, 6) is 0. The second-order valence-electron chi connectivity index (χ2n) is 5.71. The summed E-state index contributed by atoms with van der Waals surface area (Å²) in [6, 6.07) is 1.69. The van der Waals surface area contributed by atoms with Gasteiger partial charge in [0.05, 0.1) is 0 Å². The summed E-state index contributed by atoms with van der Waals surface area (Å²) in [6.07, 6.45) is 12.8. The largest absolute Gasteiger partial charge is 0.314 e. The molecule has 1 N–H and O–H groups in total. The normalized spacial score (nSPS) is 26.8. The van der Waals surface area contributed by atoms with Gasteiger partial charge in [-0.2, -0.15) is 0 Å². The van der Waals surface area contributed by atoms with E-state index < -0.39 is 0 Å². The number of nitrogens with zero attached hydrogens (tertiary/aromatic N) is 1. The molecule has 0 amide bonds. The second kappa shape index (κ2) is 8.34. The highest BCUT2D eigenvalue weighted by molar-refractivity contribution is 5.85. The van der Waals surface area contributed by atoms with Crippen molar-refractivity contribution in [3.05, 3.63) is 0 Å². The second-order valence-corrected chi connectivity index (χ2v) is 5.71. The van der Waals surface area contributed by atoms with Crippen LogP contribution in [-0.4, -0.2) is 37.1 Å². The van der Waals surface area contributed by atoms with E-state index in [2.05, 4.69) is 17.3 Å². The molecule has 3 heteroatoms. The van der Waals surface area contributed by atoms with Crippen LogP contribution >= 0.6 is 12.4 Å². The molecule has 1 aliphatic heterocycles. The molecule has 1 heterocycles. The molecule has 1 saturated heterocycles. The van der Waals surface area contributed by atoms with Crippen molar-refractivity contribution in [2.45, 2.75) is 69.9 Å². The van der Waals surface area contributed by atoms with Crippen molar-refractivity contribution in [1.82, 2.24) is 10.2 Å². The third kappa shape index (κ3) is 5.15. The summed E-state index contributed by atoms with van der Waals surface area (Å²) in [7, 11) is 2.33. The Kier molecular flexibility index (Phi) is 7.49. The Morgan fingerprint density at radius 3 is 2.35 bits per heavy atom. The molecule has 102 valence electrons. The third-order valence-electron chi connectivity index (χ3n) is 4.44. The first-order valence-electron chi connectivity index (χ1n) is 7.30. The van der Waals surface area contributed by atoms with Gasteiger partial charge in [-0.05, 0) is 52.2 Å². The Labute approximate surface area is 113 Å². The van der Waals surface area contributed by atoms with Gasteiger partial charge in [0.1, 0.15) is 0 Å². The fourth-order valence-corrected chi connectivity index (χ4v) is 3.23. The van der Waals surface area contributed by atoms with E-state index in [0.717, 1.165) is 12.1 Å². The summed E-state index contributed by atoms with van der Waals surface area (Å²) in [6.45, 7) is 2.54. The minimum Gasteiger partial charge on any atom is -0.314 e. The van der Waals surface area contributed by atoms with Crippen molar-refractivity contribution < 1.29 is 0 Å². The van der Waals surface area contributed by atoms with Gasteiger partial charge in [0.2, 0.25) is 0 Å². The van der Waals surface area contributed by atoms with Gasteiger partial charge in [0.15, 0.2) is 0 Å². The Balaban J connectivity index is 0.00000144. The zero-order valence-electron chi connectivity index (χ0n) is 11.3. The average Bonchev–Trinajstić information content (AvgIpc) is 2.38. The van der Waals surface area contributed by atoms with Gasteiger partial charge in [0, 0.05) is 12.1 Å². The van der Waals surface area contributed by atoms with Crippen molar-refractivity contribution >= 4 is 12.4 Å². The molecule has 2 fully saturated rings. The molecule has 1 saturated carbocycles. The SMILES string of the molecule is CN(CCC1CCCCN1)C1CCCCC1.Cl. The zero-order valence-corrected chi connectivity index (χ0v) is 12.1. The first kappa shape index (κ1) is 15.3. The van der Waals surface area contributed by atoms with E-state index in [9.17, 15) is 0 Å². The van der Waals surface area contributed by atoms with Crippen molar-refractivity contribution in [3.8, 4) is 0 Å². The van der Waals surface area contributed by atoms with Crippen molar-refractivity contribution in [2.75, 3.05) is 20.1 Å². The zero-order chi connectivity index (χ0) is 11.2. The van der Waals surface area contributed by atoms with E-state index >= 15 is 0 Å². The number of rotatable bonds is 4. The molecule has 2 aliphatic rings. The van der Waals surface area contributed by atoms with Gasteiger partial charge in [-0.1, -0.05) is 25.7 Å². The van der Waals surface area contributed by atoms with E-state index in [1.165, 1.54) is 70.9 Å². The number of halogens is 1. The molecule has 0 bridgehead atoms. The average molecular weight is 261 g/mol. The molecular weight excluding hydrogens is 232 g/mol. The van der Waals surface area contributed by atoms with Gasteiger partial charge in [-0.15, -0.1) is 12.4 Å². The standard InChI is InChI=1S/C14H28N2.ClH/c1-16(14-8-3-2-4-9-14)12-10-13-7-5-6-11-15-13;/h13-15H,2-12H2,1H3;1H. The Hall–Kier alpha value is 0.210. The molecule has 0 aromatic carbocycles. The first-order chi connectivity index (χ1) is 7.86. The third-order valence-corrected chi connectivity index (χ3v) is 4.44. The predicted molar refractivity (Wildman–Crippen MR) is 77.0 cm³/mol. The molecule has 1 atom stereocenters. The van der Waals surface area contributed by atoms with Crippen LogP contribution in [0, 0.1) is 0 Å². The van der Waals surface area contributed by atoms with Crippen molar-refractivity contribution in [1.29, 1.82) is 0 Å².